The van der Waals surface area contributed by atoms with Crippen molar-refractivity contribution < 1.29 is 19.0 Å². The second-order valence-electron chi connectivity index (χ2n) is 8.30. The molecule has 184 valence electrons. The molecule has 0 saturated heterocycles. The van der Waals surface area contributed by atoms with Crippen molar-refractivity contribution in [3.63, 3.8) is 0 Å². The normalized spacial score (nSPS) is 10.9. The van der Waals surface area contributed by atoms with Crippen LogP contribution in [0.15, 0.2) is 85.0 Å². The number of nitrogens with one attached hydrogen (secondary N) is 1. The smallest absolute Gasteiger partial charge is 0.266 e. The Hall–Kier alpha value is -4.50. The fraction of sp³-hybridized carbons (Fsp3) is 0.200. The van der Waals surface area contributed by atoms with Crippen molar-refractivity contribution in [2.24, 2.45) is 0 Å². The molecule has 0 heterocycles. The van der Waals surface area contributed by atoms with E-state index in [0.29, 0.717) is 41.5 Å². The van der Waals surface area contributed by atoms with Crippen LogP contribution in [0.25, 0.3) is 6.08 Å². The Morgan fingerprint density at radius 3 is 2.56 bits per heavy atom. The summed E-state index contributed by atoms with van der Waals surface area (Å²) < 4.78 is 17.4. The summed E-state index contributed by atoms with van der Waals surface area (Å²) in [4.78, 5) is 12.9. The monoisotopic (exact) mass is 482 g/mol. The Kier molecular flexibility index (Phi) is 9.30. The highest BCUT2D eigenvalue weighted by molar-refractivity contribution is 6.09. The van der Waals surface area contributed by atoms with Gasteiger partial charge in [-0.3, -0.25) is 4.79 Å². The molecule has 0 aliphatic rings. The van der Waals surface area contributed by atoms with E-state index in [9.17, 15) is 10.1 Å². The molecule has 0 fully saturated rings. The molecule has 3 rings (SSSR count). The quantitative estimate of drug-likeness (QED) is 0.196. The zero-order valence-corrected chi connectivity index (χ0v) is 20.8. The van der Waals surface area contributed by atoms with Crippen molar-refractivity contribution in [1.82, 2.24) is 0 Å². The number of allylic oxidation sites excluding steroid dienone is 1. The Morgan fingerprint density at radius 1 is 1.11 bits per heavy atom. The van der Waals surface area contributed by atoms with Crippen LogP contribution >= 0.6 is 0 Å². The number of anilines is 1. The van der Waals surface area contributed by atoms with Crippen LogP contribution in [-0.4, -0.2) is 19.1 Å². The lowest BCUT2D eigenvalue weighted by molar-refractivity contribution is -0.112. The first-order valence-electron chi connectivity index (χ1n) is 11.6. The number of methoxy groups -OCH3 is 1. The number of ether oxygens (including phenoxy) is 3. The first-order valence-corrected chi connectivity index (χ1v) is 11.6. The molecule has 1 N–H and O–H groups in total. The predicted molar refractivity (Wildman–Crippen MR) is 142 cm³/mol. The summed E-state index contributed by atoms with van der Waals surface area (Å²) in [6, 6.07) is 22.5. The number of nitrogens with zero attached hydrogens (tertiary/aromatic N) is 1. The summed E-state index contributed by atoms with van der Waals surface area (Å²) in [6.45, 7) is 8.07. The minimum Gasteiger partial charge on any atom is -0.493 e. The molecular formula is C30H30N2O4. The van der Waals surface area contributed by atoms with Gasteiger partial charge < -0.3 is 19.5 Å². The highest BCUT2D eigenvalue weighted by atomic mass is 16.5. The Labute approximate surface area is 212 Å². The van der Waals surface area contributed by atoms with Crippen molar-refractivity contribution in [1.29, 1.82) is 5.26 Å². The molecule has 0 aliphatic heterocycles. The second kappa shape index (κ2) is 12.8. The van der Waals surface area contributed by atoms with E-state index in [0.717, 1.165) is 11.1 Å². The molecule has 0 atom stereocenters. The number of nitriles is 1. The molecule has 3 aromatic rings. The second-order valence-corrected chi connectivity index (χ2v) is 8.30. The van der Waals surface area contributed by atoms with Crippen LogP contribution in [0.5, 0.6) is 17.2 Å². The van der Waals surface area contributed by atoms with Gasteiger partial charge in [0.05, 0.1) is 13.2 Å². The molecule has 6 heteroatoms. The van der Waals surface area contributed by atoms with Gasteiger partial charge in [-0.05, 0) is 61.7 Å². The maximum atomic E-state index is 12.9. The third-order valence-corrected chi connectivity index (χ3v) is 5.10. The van der Waals surface area contributed by atoms with Crippen molar-refractivity contribution in [3.05, 3.63) is 102 Å². The number of carbonyl (C=O) groups is 1. The van der Waals surface area contributed by atoms with Crippen LogP contribution in [0.2, 0.25) is 0 Å². The molecular weight excluding hydrogens is 452 g/mol. The third kappa shape index (κ3) is 7.25. The van der Waals surface area contributed by atoms with Gasteiger partial charge in [-0.1, -0.05) is 42.5 Å². The van der Waals surface area contributed by atoms with Gasteiger partial charge in [-0.2, -0.15) is 5.26 Å². The predicted octanol–water partition coefficient (Wildman–Crippen LogP) is 6.34. The molecule has 0 aromatic heterocycles. The first kappa shape index (κ1) is 26.1. The summed E-state index contributed by atoms with van der Waals surface area (Å²) >= 11 is 0. The topological polar surface area (TPSA) is 80.6 Å². The van der Waals surface area contributed by atoms with Crippen LogP contribution in [0.3, 0.4) is 0 Å². The third-order valence-electron chi connectivity index (χ3n) is 5.10. The van der Waals surface area contributed by atoms with Gasteiger partial charge in [-0.15, -0.1) is 6.58 Å². The largest absolute Gasteiger partial charge is 0.493 e. The fourth-order valence-corrected chi connectivity index (χ4v) is 3.55. The summed E-state index contributed by atoms with van der Waals surface area (Å²) in [5.41, 5.74) is 2.99. The number of carbonyl (C=O) groups excluding carboxylic acids is 1. The van der Waals surface area contributed by atoms with Crippen molar-refractivity contribution in [2.45, 2.75) is 33.0 Å². The summed E-state index contributed by atoms with van der Waals surface area (Å²) in [6.07, 6.45) is 3.82. The van der Waals surface area contributed by atoms with E-state index in [1.165, 1.54) is 6.08 Å². The van der Waals surface area contributed by atoms with Crippen LogP contribution in [0.1, 0.15) is 30.5 Å². The lowest BCUT2D eigenvalue weighted by Crippen LogP contribution is -2.14. The maximum absolute atomic E-state index is 12.9. The van der Waals surface area contributed by atoms with Gasteiger partial charge in [-0.25, -0.2) is 0 Å². The first-order chi connectivity index (χ1) is 17.4. The maximum Gasteiger partial charge on any atom is 0.266 e. The summed E-state index contributed by atoms with van der Waals surface area (Å²) in [5, 5.41) is 12.5. The lowest BCUT2D eigenvalue weighted by atomic mass is 10.0. The van der Waals surface area contributed by atoms with Crippen LogP contribution in [0.4, 0.5) is 5.69 Å². The van der Waals surface area contributed by atoms with E-state index in [1.54, 1.807) is 37.5 Å². The molecule has 0 radical (unpaired) electrons. The highest BCUT2D eigenvalue weighted by Crippen LogP contribution is 2.35. The van der Waals surface area contributed by atoms with Gasteiger partial charge in [0.1, 0.15) is 24.0 Å². The SMILES string of the molecule is C=CCc1cc(/C=C(/C#N)C(=O)Nc2cccc(OC(C)C)c2)cc(OC)c1OCc1ccccc1. The lowest BCUT2D eigenvalue weighted by Gasteiger charge is -2.16. The van der Waals surface area contributed by atoms with Crippen molar-refractivity contribution >= 4 is 17.7 Å². The molecule has 0 spiro atoms. The summed E-state index contributed by atoms with van der Waals surface area (Å²) in [7, 11) is 1.56. The van der Waals surface area contributed by atoms with Crippen LogP contribution in [0, 0.1) is 11.3 Å². The fourth-order valence-electron chi connectivity index (χ4n) is 3.55. The van der Waals surface area contributed by atoms with E-state index >= 15 is 0 Å². The highest BCUT2D eigenvalue weighted by Gasteiger charge is 2.15. The minimum atomic E-state index is -0.521. The molecule has 0 bridgehead atoms. The minimum absolute atomic E-state index is 0.00454. The molecule has 3 aromatic carbocycles. The van der Waals surface area contributed by atoms with Crippen LogP contribution < -0.4 is 19.5 Å². The number of rotatable bonds is 11. The Morgan fingerprint density at radius 2 is 1.89 bits per heavy atom. The zero-order valence-electron chi connectivity index (χ0n) is 20.8. The van der Waals surface area contributed by atoms with Gasteiger partial charge in [0.15, 0.2) is 11.5 Å². The van der Waals surface area contributed by atoms with E-state index in [4.69, 9.17) is 14.2 Å². The standard InChI is InChI=1S/C30H30N2O4/c1-5-10-24-15-23(17-28(34-4)29(24)35-20-22-11-7-6-8-12-22)16-25(19-31)30(33)32-26-13-9-14-27(18-26)36-21(2)3/h5-9,11-18,21H,1,10,20H2,2-4H3,(H,32,33)/b25-16-. The molecule has 6 nitrogen and oxygen atoms in total. The zero-order chi connectivity index (χ0) is 25.9. The molecule has 0 saturated carbocycles. The number of benzene rings is 3. The van der Waals surface area contributed by atoms with E-state index in [2.05, 4.69) is 11.9 Å². The molecule has 1 amide bonds. The Bertz CT molecular complexity index is 1270. The van der Waals surface area contributed by atoms with Gasteiger partial charge in [0.25, 0.3) is 5.91 Å². The summed E-state index contributed by atoms with van der Waals surface area (Å²) in [5.74, 6) is 1.22. The van der Waals surface area contributed by atoms with E-state index in [1.807, 2.05) is 62.4 Å². The number of hydrogen-bond acceptors (Lipinski definition) is 5. The van der Waals surface area contributed by atoms with Crippen molar-refractivity contribution in [3.8, 4) is 23.3 Å². The average molecular weight is 483 g/mol. The van der Waals surface area contributed by atoms with Crippen molar-refractivity contribution in [2.75, 3.05) is 12.4 Å². The molecule has 0 aliphatic carbocycles. The number of amides is 1. The van der Waals surface area contributed by atoms with Gasteiger partial charge in [0, 0.05) is 17.3 Å². The van der Waals surface area contributed by atoms with E-state index < -0.39 is 5.91 Å². The van der Waals surface area contributed by atoms with E-state index in [-0.39, 0.29) is 11.7 Å². The Balaban J connectivity index is 1.86. The molecule has 36 heavy (non-hydrogen) atoms. The number of hydrogen-bond donors (Lipinski definition) is 1. The van der Waals surface area contributed by atoms with Crippen LogP contribution in [-0.2, 0) is 17.8 Å². The average Bonchev–Trinajstić information content (AvgIpc) is 2.86. The van der Waals surface area contributed by atoms with Gasteiger partial charge in [0.2, 0.25) is 0 Å². The van der Waals surface area contributed by atoms with Gasteiger partial charge >= 0.3 is 0 Å². The molecule has 0 unspecified atom stereocenters.